The summed E-state index contributed by atoms with van der Waals surface area (Å²) < 4.78 is 12.0. The number of rotatable bonds is 10. The van der Waals surface area contributed by atoms with Crippen molar-refractivity contribution in [3.05, 3.63) is 139 Å². The van der Waals surface area contributed by atoms with Gasteiger partial charge in [-0.2, -0.15) is 4.98 Å². The minimum atomic E-state index is -0.610. The molecule has 0 saturated carbocycles. The van der Waals surface area contributed by atoms with Gasteiger partial charge in [0.25, 0.3) is 5.56 Å². The second-order valence-corrected chi connectivity index (χ2v) is 11.3. The first kappa shape index (κ1) is 30.0. The molecule has 0 aliphatic carbocycles. The van der Waals surface area contributed by atoms with Crippen LogP contribution in [0.4, 0.5) is 0 Å². The summed E-state index contributed by atoms with van der Waals surface area (Å²) >= 11 is 6.39. The minimum Gasteiger partial charge on any atom is -0.339 e. The van der Waals surface area contributed by atoms with Crippen LogP contribution in [0.15, 0.2) is 91.4 Å². The fourth-order valence-electron chi connectivity index (χ4n) is 5.43. The van der Waals surface area contributed by atoms with Crippen molar-refractivity contribution in [3.8, 4) is 22.5 Å². The van der Waals surface area contributed by atoms with Gasteiger partial charge in [0, 0.05) is 34.2 Å². The number of hydrogen-bond acceptors (Lipinski definition) is 8. The Balaban J connectivity index is 1.28. The summed E-state index contributed by atoms with van der Waals surface area (Å²) in [4.78, 5) is 37.6. The Kier molecular flexibility index (Phi) is 8.57. The number of halogens is 1. The molecule has 1 unspecified atom stereocenters. The van der Waals surface area contributed by atoms with Crippen molar-refractivity contribution >= 4 is 11.6 Å². The van der Waals surface area contributed by atoms with E-state index in [4.69, 9.17) is 25.6 Å². The van der Waals surface area contributed by atoms with Crippen LogP contribution in [0.2, 0.25) is 5.02 Å². The Morgan fingerprint density at radius 1 is 0.911 bits per heavy atom. The normalized spacial score (nSPS) is 12.0. The van der Waals surface area contributed by atoms with Crippen molar-refractivity contribution in [2.45, 2.75) is 52.5 Å². The highest BCUT2D eigenvalue weighted by Gasteiger charge is 2.21. The lowest BCUT2D eigenvalue weighted by Crippen LogP contribution is -2.30. The summed E-state index contributed by atoms with van der Waals surface area (Å²) in [6.45, 7) is 6.23. The number of H-pyrrole nitrogens is 1. The third-order valence-electron chi connectivity index (χ3n) is 7.82. The van der Waals surface area contributed by atoms with E-state index in [9.17, 15) is 9.59 Å². The molecule has 11 heteroatoms. The number of nitrogens with one attached hydrogen (secondary N) is 1. The van der Waals surface area contributed by atoms with E-state index < -0.39 is 5.76 Å². The largest absolute Gasteiger partial charge is 0.439 e. The van der Waals surface area contributed by atoms with E-state index in [1.807, 2.05) is 86.6 Å². The number of nitrogens with zero attached hydrogens (tertiary/aromatic N) is 5. The predicted molar refractivity (Wildman–Crippen MR) is 170 cm³/mol. The highest BCUT2D eigenvalue weighted by molar-refractivity contribution is 6.31. The quantitative estimate of drug-likeness (QED) is 0.187. The third-order valence-corrected chi connectivity index (χ3v) is 8.17. The summed E-state index contributed by atoms with van der Waals surface area (Å²) in [6, 6.07) is 23.1. The molecule has 3 aromatic heterocycles. The molecule has 0 saturated heterocycles. The molecule has 0 amide bonds. The van der Waals surface area contributed by atoms with Gasteiger partial charge >= 0.3 is 5.76 Å². The summed E-state index contributed by atoms with van der Waals surface area (Å²) in [5.74, 6) is 1.15. The molecule has 1 N–H and O–H groups in total. The zero-order chi connectivity index (χ0) is 31.5. The molecular weight excluding hydrogens is 592 g/mol. The number of aromatic amines is 1. The van der Waals surface area contributed by atoms with Crippen molar-refractivity contribution in [1.82, 2.24) is 29.8 Å². The van der Waals surface area contributed by atoms with Gasteiger partial charge in [-0.1, -0.05) is 102 Å². The van der Waals surface area contributed by atoms with Crippen LogP contribution in [0.3, 0.4) is 0 Å². The number of benzene rings is 3. The molecule has 228 valence electrons. The van der Waals surface area contributed by atoms with Crippen LogP contribution in [0.5, 0.6) is 0 Å². The molecule has 6 aromatic rings. The lowest BCUT2D eigenvalue weighted by atomic mass is 9.98. The molecule has 45 heavy (non-hydrogen) atoms. The SMILES string of the molecule is CCCc1nc(C)c(Cc2nc(C(C)c3ccccc3Cl)no2)c(=O)n1Cc1ccc(-c2ccccc2-c2noc(=O)[nH]2)cc1. The van der Waals surface area contributed by atoms with Gasteiger partial charge in [-0.15, -0.1) is 0 Å². The van der Waals surface area contributed by atoms with Crippen LogP contribution in [-0.2, 0) is 19.4 Å². The van der Waals surface area contributed by atoms with Gasteiger partial charge < -0.3 is 4.52 Å². The molecule has 1 atom stereocenters. The Hall–Kier alpha value is -5.09. The Morgan fingerprint density at radius 2 is 1.64 bits per heavy atom. The first-order chi connectivity index (χ1) is 21.8. The summed E-state index contributed by atoms with van der Waals surface area (Å²) in [5, 5.41) is 8.67. The van der Waals surface area contributed by atoms with E-state index in [1.165, 1.54) is 0 Å². The highest BCUT2D eigenvalue weighted by atomic mass is 35.5. The fraction of sp³-hybridized carbons (Fsp3) is 0.235. The molecule has 3 aromatic carbocycles. The molecular formula is C34H31ClN6O4. The molecule has 0 spiro atoms. The third kappa shape index (κ3) is 6.28. The van der Waals surface area contributed by atoms with Crippen LogP contribution in [-0.4, -0.2) is 29.8 Å². The fourth-order valence-corrected chi connectivity index (χ4v) is 5.73. The molecule has 0 radical (unpaired) electrons. The van der Waals surface area contributed by atoms with Crippen molar-refractivity contribution < 1.29 is 9.05 Å². The Labute approximate surface area is 263 Å². The van der Waals surface area contributed by atoms with E-state index in [1.54, 1.807) is 4.57 Å². The van der Waals surface area contributed by atoms with Crippen LogP contribution in [0.1, 0.15) is 66.1 Å². The maximum absolute atomic E-state index is 14.0. The van der Waals surface area contributed by atoms with Gasteiger partial charge in [0.15, 0.2) is 11.6 Å². The summed E-state index contributed by atoms with van der Waals surface area (Å²) in [6.07, 6.45) is 1.68. The van der Waals surface area contributed by atoms with Crippen LogP contribution in [0, 0.1) is 6.92 Å². The maximum Gasteiger partial charge on any atom is 0.439 e. The van der Waals surface area contributed by atoms with Crippen molar-refractivity contribution in [2.75, 3.05) is 0 Å². The highest BCUT2D eigenvalue weighted by Crippen LogP contribution is 2.30. The number of hydrogen-bond donors (Lipinski definition) is 1. The van der Waals surface area contributed by atoms with Gasteiger partial charge in [-0.05, 0) is 41.7 Å². The lowest BCUT2D eigenvalue weighted by molar-refractivity contribution is 0.377. The van der Waals surface area contributed by atoms with Crippen LogP contribution < -0.4 is 11.3 Å². The average molecular weight is 623 g/mol. The lowest BCUT2D eigenvalue weighted by Gasteiger charge is -2.16. The first-order valence-corrected chi connectivity index (χ1v) is 15.1. The van der Waals surface area contributed by atoms with E-state index in [-0.39, 0.29) is 17.9 Å². The monoisotopic (exact) mass is 622 g/mol. The maximum atomic E-state index is 14.0. The zero-order valence-electron chi connectivity index (χ0n) is 25.1. The Bertz CT molecular complexity index is 2080. The van der Waals surface area contributed by atoms with Crippen LogP contribution >= 0.6 is 11.6 Å². The van der Waals surface area contributed by atoms with E-state index in [2.05, 4.69) is 27.2 Å². The van der Waals surface area contributed by atoms with Crippen molar-refractivity contribution in [2.24, 2.45) is 0 Å². The van der Waals surface area contributed by atoms with Crippen molar-refractivity contribution in [1.29, 1.82) is 0 Å². The molecule has 0 fully saturated rings. The second kappa shape index (κ2) is 12.9. The van der Waals surface area contributed by atoms with Gasteiger partial charge in [0.1, 0.15) is 5.82 Å². The molecule has 0 aliphatic rings. The summed E-state index contributed by atoms with van der Waals surface area (Å²) in [7, 11) is 0. The smallest absolute Gasteiger partial charge is 0.339 e. The Morgan fingerprint density at radius 3 is 2.36 bits per heavy atom. The van der Waals surface area contributed by atoms with Gasteiger partial charge in [-0.3, -0.25) is 18.9 Å². The average Bonchev–Trinajstić information content (AvgIpc) is 3.71. The van der Waals surface area contributed by atoms with E-state index >= 15 is 0 Å². The first-order valence-electron chi connectivity index (χ1n) is 14.7. The minimum absolute atomic E-state index is 0.130. The number of aromatic nitrogens is 6. The second-order valence-electron chi connectivity index (χ2n) is 10.9. The summed E-state index contributed by atoms with van der Waals surface area (Å²) in [5.41, 5.74) is 5.44. The molecule has 0 aliphatic heterocycles. The van der Waals surface area contributed by atoms with Gasteiger partial charge in [-0.25, -0.2) is 9.78 Å². The molecule has 0 bridgehead atoms. The van der Waals surface area contributed by atoms with Crippen LogP contribution in [0.25, 0.3) is 22.5 Å². The van der Waals surface area contributed by atoms with Gasteiger partial charge in [0.2, 0.25) is 5.89 Å². The molecule has 6 rings (SSSR count). The zero-order valence-corrected chi connectivity index (χ0v) is 25.8. The van der Waals surface area contributed by atoms with Gasteiger partial charge in [0.05, 0.1) is 13.0 Å². The topological polar surface area (TPSA) is 133 Å². The molecule has 10 nitrogen and oxygen atoms in total. The van der Waals surface area contributed by atoms with Crippen molar-refractivity contribution in [3.63, 3.8) is 0 Å². The molecule has 3 heterocycles. The number of aryl methyl sites for hydroxylation is 2. The standard InChI is InChI=1S/C34H31ClN6O4/c1-4-9-29-36-21(3)27(18-30-37-31(39-44-30)20(2)24-10-7-8-13-28(24)35)33(42)41(29)19-22-14-16-23(17-15-22)25-11-5-6-12-26(25)32-38-34(43)45-40-32/h5-8,10-17,20H,4,9,18-19H2,1-3H3,(H,38,40,43). The predicted octanol–water partition coefficient (Wildman–Crippen LogP) is 6.34. The van der Waals surface area contributed by atoms with E-state index in [0.717, 1.165) is 40.1 Å². The van der Waals surface area contributed by atoms with E-state index in [0.29, 0.717) is 46.8 Å².